The van der Waals surface area contributed by atoms with Crippen LogP contribution in [-0.2, 0) is 0 Å². The van der Waals surface area contributed by atoms with E-state index >= 15 is 0 Å². The van der Waals surface area contributed by atoms with Gasteiger partial charge in [-0.3, -0.25) is 0 Å². The lowest BCUT2D eigenvalue weighted by atomic mass is 10.4. The Labute approximate surface area is 70.8 Å². The summed E-state index contributed by atoms with van der Waals surface area (Å²) in [7, 11) is 0. The van der Waals surface area contributed by atoms with Crippen LogP contribution in [0.15, 0.2) is 0 Å². The third kappa shape index (κ3) is 3.54. The zero-order chi connectivity index (χ0) is 8.97. The topological polar surface area (TPSA) is 81.6 Å². The molecule has 4 N–H and O–H groups in total. The van der Waals surface area contributed by atoms with Crippen LogP contribution < -0.4 is 10.6 Å². The van der Waals surface area contributed by atoms with Crippen LogP contribution in [0.4, 0.5) is 4.79 Å². The molecule has 2 amide bonds. The normalized spacial score (nSPS) is 18.5. The van der Waals surface area contributed by atoms with Gasteiger partial charge in [-0.15, -0.1) is 0 Å². The van der Waals surface area contributed by atoms with Crippen LogP contribution in [0.1, 0.15) is 12.8 Å². The minimum atomic E-state index is -0.866. The molecule has 12 heavy (non-hydrogen) atoms. The first kappa shape index (κ1) is 9.28. The lowest BCUT2D eigenvalue weighted by molar-refractivity contribution is 0.0959. The van der Waals surface area contributed by atoms with Crippen molar-refractivity contribution >= 4 is 6.03 Å². The molecular weight excluding hydrogens is 160 g/mol. The van der Waals surface area contributed by atoms with E-state index in [1.165, 1.54) is 0 Å². The Morgan fingerprint density at radius 3 is 2.75 bits per heavy atom. The number of carbonyl (C=O) groups is 1. The Morgan fingerprint density at radius 2 is 2.25 bits per heavy atom. The van der Waals surface area contributed by atoms with Crippen molar-refractivity contribution in [1.82, 2.24) is 10.6 Å². The van der Waals surface area contributed by atoms with Crippen molar-refractivity contribution in [2.75, 3.05) is 13.2 Å². The van der Waals surface area contributed by atoms with E-state index in [1.54, 1.807) is 0 Å². The maximum absolute atomic E-state index is 10.9. The first-order valence-corrected chi connectivity index (χ1v) is 4.05. The highest BCUT2D eigenvalue weighted by Crippen LogP contribution is 2.18. The van der Waals surface area contributed by atoms with Crippen molar-refractivity contribution in [1.29, 1.82) is 0 Å². The molecule has 0 radical (unpaired) electrons. The fraction of sp³-hybridized carbons (Fsp3) is 0.857. The lowest BCUT2D eigenvalue weighted by Crippen LogP contribution is -2.41. The molecule has 1 aliphatic carbocycles. The van der Waals surface area contributed by atoms with Crippen LogP contribution in [0.25, 0.3) is 0 Å². The average molecular weight is 174 g/mol. The smallest absolute Gasteiger partial charge is 0.315 e. The SMILES string of the molecule is O=C(NCC(O)CO)NC1CC1. The molecule has 1 fully saturated rings. The molecule has 1 saturated carbocycles. The molecule has 0 saturated heterocycles. The van der Waals surface area contributed by atoms with E-state index in [4.69, 9.17) is 10.2 Å². The van der Waals surface area contributed by atoms with E-state index < -0.39 is 6.10 Å². The van der Waals surface area contributed by atoms with Gasteiger partial charge >= 0.3 is 6.03 Å². The molecule has 70 valence electrons. The van der Waals surface area contributed by atoms with Gasteiger partial charge in [-0.05, 0) is 12.8 Å². The van der Waals surface area contributed by atoms with Gasteiger partial charge in [0, 0.05) is 12.6 Å². The number of aliphatic hydroxyl groups is 2. The molecule has 0 bridgehead atoms. The molecule has 0 aliphatic heterocycles. The zero-order valence-corrected chi connectivity index (χ0v) is 6.79. The van der Waals surface area contributed by atoms with Gasteiger partial charge in [-0.2, -0.15) is 0 Å². The summed E-state index contributed by atoms with van der Waals surface area (Å²) >= 11 is 0. The second-order valence-electron chi connectivity index (χ2n) is 2.97. The van der Waals surface area contributed by atoms with Gasteiger partial charge in [0.05, 0.1) is 12.7 Å². The maximum atomic E-state index is 10.9. The van der Waals surface area contributed by atoms with Gasteiger partial charge in [0.2, 0.25) is 0 Å². The summed E-state index contributed by atoms with van der Waals surface area (Å²) in [6, 6.07) is 0.0428. The molecule has 5 nitrogen and oxygen atoms in total. The second kappa shape index (κ2) is 4.27. The van der Waals surface area contributed by atoms with Gasteiger partial charge in [0.15, 0.2) is 0 Å². The number of aliphatic hydroxyl groups excluding tert-OH is 2. The summed E-state index contributed by atoms with van der Waals surface area (Å²) in [4.78, 5) is 10.9. The van der Waals surface area contributed by atoms with Crippen molar-refractivity contribution in [2.24, 2.45) is 0 Å². The maximum Gasteiger partial charge on any atom is 0.315 e. The molecule has 0 aromatic carbocycles. The van der Waals surface area contributed by atoms with Crippen LogP contribution in [0, 0.1) is 0 Å². The van der Waals surface area contributed by atoms with E-state index in [0.717, 1.165) is 12.8 Å². The quantitative estimate of drug-likeness (QED) is 0.432. The predicted molar refractivity (Wildman–Crippen MR) is 42.6 cm³/mol. The fourth-order valence-corrected chi connectivity index (χ4v) is 0.739. The number of hydrogen-bond donors (Lipinski definition) is 4. The number of carbonyl (C=O) groups excluding carboxylic acids is 1. The number of amides is 2. The first-order valence-electron chi connectivity index (χ1n) is 4.05. The minimum absolute atomic E-state index is 0.0923. The summed E-state index contributed by atoms with van der Waals surface area (Å²) in [6.45, 7) is -0.237. The number of hydrogen-bond acceptors (Lipinski definition) is 3. The van der Waals surface area contributed by atoms with Gasteiger partial charge in [-0.1, -0.05) is 0 Å². The van der Waals surface area contributed by atoms with Crippen molar-refractivity contribution in [2.45, 2.75) is 25.0 Å². The summed E-state index contributed by atoms with van der Waals surface area (Å²) in [5.74, 6) is 0. The third-order valence-corrected chi connectivity index (χ3v) is 1.62. The van der Waals surface area contributed by atoms with Crippen molar-refractivity contribution < 1.29 is 15.0 Å². The molecule has 0 aromatic rings. The molecule has 1 unspecified atom stereocenters. The standard InChI is InChI=1S/C7H14N2O3/c10-4-6(11)3-8-7(12)9-5-1-2-5/h5-6,10-11H,1-4H2,(H2,8,9,12). The molecule has 5 heteroatoms. The van der Waals surface area contributed by atoms with Gasteiger partial charge in [0.25, 0.3) is 0 Å². The highest BCUT2D eigenvalue weighted by molar-refractivity contribution is 5.74. The van der Waals surface area contributed by atoms with Crippen LogP contribution in [-0.4, -0.2) is 41.5 Å². The van der Waals surface area contributed by atoms with Crippen molar-refractivity contribution in [3.05, 3.63) is 0 Å². The van der Waals surface area contributed by atoms with Crippen molar-refractivity contribution in [3.63, 3.8) is 0 Å². The Balaban J connectivity index is 2.00. The molecule has 0 heterocycles. The molecule has 0 spiro atoms. The van der Waals surface area contributed by atoms with E-state index in [1.807, 2.05) is 0 Å². The Morgan fingerprint density at radius 1 is 1.58 bits per heavy atom. The first-order chi connectivity index (χ1) is 5.72. The van der Waals surface area contributed by atoms with E-state index in [2.05, 4.69) is 10.6 Å². The van der Waals surface area contributed by atoms with Crippen LogP contribution in [0.3, 0.4) is 0 Å². The van der Waals surface area contributed by atoms with E-state index in [-0.39, 0.29) is 19.2 Å². The number of urea groups is 1. The number of nitrogens with one attached hydrogen (secondary N) is 2. The highest BCUT2D eigenvalue weighted by atomic mass is 16.3. The summed E-state index contributed by atoms with van der Waals surface area (Å²) in [6.07, 6.45) is 1.21. The second-order valence-corrected chi connectivity index (χ2v) is 2.97. The molecule has 1 aliphatic rings. The Bertz CT molecular complexity index is 159. The molecular formula is C7H14N2O3. The molecule has 0 aromatic heterocycles. The van der Waals surface area contributed by atoms with E-state index in [9.17, 15) is 4.79 Å². The minimum Gasteiger partial charge on any atom is -0.394 e. The summed E-state index contributed by atoms with van der Waals surface area (Å²) < 4.78 is 0. The molecule has 1 atom stereocenters. The Hall–Kier alpha value is -0.810. The third-order valence-electron chi connectivity index (χ3n) is 1.62. The Kier molecular flexibility index (Phi) is 3.31. The largest absolute Gasteiger partial charge is 0.394 e. The number of rotatable bonds is 4. The lowest BCUT2D eigenvalue weighted by Gasteiger charge is -2.09. The average Bonchev–Trinajstić information content (AvgIpc) is 2.84. The summed E-state index contributed by atoms with van der Waals surface area (Å²) in [5.41, 5.74) is 0. The van der Waals surface area contributed by atoms with Crippen molar-refractivity contribution in [3.8, 4) is 0 Å². The van der Waals surface area contributed by atoms with Gasteiger partial charge in [0.1, 0.15) is 0 Å². The fourth-order valence-electron chi connectivity index (χ4n) is 0.739. The highest BCUT2D eigenvalue weighted by Gasteiger charge is 2.23. The summed E-state index contributed by atoms with van der Waals surface area (Å²) in [5, 5.41) is 22.4. The van der Waals surface area contributed by atoms with Crippen LogP contribution in [0.5, 0.6) is 0 Å². The molecule has 1 rings (SSSR count). The van der Waals surface area contributed by atoms with E-state index in [0.29, 0.717) is 6.04 Å². The predicted octanol–water partition coefficient (Wildman–Crippen LogP) is -1.20. The monoisotopic (exact) mass is 174 g/mol. The zero-order valence-electron chi connectivity index (χ0n) is 6.79. The van der Waals surface area contributed by atoms with Gasteiger partial charge < -0.3 is 20.8 Å². The van der Waals surface area contributed by atoms with Crippen LogP contribution >= 0.6 is 0 Å². The van der Waals surface area contributed by atoms with Gasteiger partial charge in [-0.25, -0.2) is 4.79 Å². The van der Waals surface area contributed by atoms with Crippen LogP contribution in [0.2, 0.25) is 0 Å².